The Morgan fingerprint density at radius 2 is 1.69 bits per heavy atom. The van der Waals surface area contributed by atoms with E-state index in [1.165, 1.54) is 25.1 Å². The molecule has 0 bridgehead atoms. The monoisotopic (exact) mass is 355 g/mol. The average Bonchev–Trinajstić information content (AvgIpc) is 2.85. The van der Waals surface area contributed by atoms with Crippen molar-refractivity contribution in [3.05, 3.63) is 66.6 Å². The molecule has 0 unspecified atom stereocenters. The van der Waals surface area contributed by atoms with Gasteiger partial charge in [0.15, 0.2) is 5.69 Å². The standard InChI is InChI=1S/C21H21F2N2O/c22-21(23)26-18-12-10-16(11-13-18)19-15-24-14-6-2-5-9-20(24)25(19)17-7-3-1-4-8-17/h1,3-4,7-8,10-13,15,21H,2,5-6,9,14H2/q+1. The van der Waals surface area contributed by atoms with Gasteiger partial charge in [-0.25, -0.2) is 4.57 Å². The minimum Gasteiger partial charge on any atom is -0.435 e. The topological polar surface area (TPSA) is 18.0 Å². The highest BCUT2D eigenvalue weighted by Crippen LogP contribution is 2.28. The summed E-state index contributed by atoms with van der Waals surface area (Å²) in [6.45, 7) is -1.80. The Morgan fingerprint density at radius 3 is 2.42 bits per heavy atom. The van der Waals surface area contributed by atoms with Gasteiger partial charge in [-0.1, -0.05) is 18.2 Å². The molecule has 0 amide bonds. The normalized spacial score (nSPS) is 14.1. The fourth-order valence-electron chi connectivity index (χ4n) is 3.61. The Labute approximate surface area is 151 Å². The molecule has 0 aliphatic carbocycles. The number of nitrogens with zero attached hydrogens (tertiary/aromatic N) is 2. The molecule has 0 saturated carbocycles. The van der Waals surface area contributed by atoms with Crippen LogP contribution in [0.25, 0.3) is 16.9 Å². The Bertz CT molecular complexity index is 873. The summed E-state index contributed by atoms with van der Waals surface area (Å²) in [6, 6.07) is 17.2. The van der Waals surface area contributed by atoms with Crippen molar-refractivity contribution in [3.63, 3.8) is 0 Å². The van der Waals surface area contributed by atoms with Crippen LogP contribution in [-0.2, 0) is 13.0 Å². The molecule has 134 valence electrons. The Morgan fingerprint density at radius 1 is 0.923 bits per heavy atom. The second-order valence-electron chi connectivity index (χ2n) is 6.51. The van der Waals surface area contributed by atoms with Crippen molar-refractivity contribution in [3.8, 4) is 22.7 Å². The first kappa shape index (κ1) is 16.8. The molecule has 3 aromatic rings. The van der Waals surface area contributed by atoms with E-state index in [4.69, 9.17) is 0 Å². The Hall–Kier alpha value is -2.69. The van der Waals surface area contributed by atoms with Gasteiger partial charge in [0, 0.05) is 12.0 Å². The minimum atomic E-state index is -2.80. The summed E-state index contributed by atoms with van der Waals surface area (Å²) in [5, 5.41) is 0. The zero-order valence-electron chi connectivity index (χ0n) is 14.4. The van der Waals surface area contributed by atoms with Crippen molar-refractivity contribution in [2.75, 3.05) is 0 Å². The smallest absolute Gasteiger partial charge is 0.387 e. The highest BCUT2D eigenvalue weighted by atomic mass is 19.3. The van der Waals surface area contributed by atoms with Crippen LogP contribution in [0.4, 0.5) is 8.78 Å². The highest BCUT2D eigenvalue weighted by molar-refractivity contribution is 5.62. The zero-order chi connectivity index (χ0) is 17.9. The maximum atomic E-state index is 12.4. The molecule has 0 fully saturated rings. The van der Waals surface area contributed by atoms with Crippen LogP contribution in [0.2, 0.25) is 0 Å². The third-order valence-corrected chi connectivity index (χ3v) is 4.80. The van der Waals surface area contributed by atoms with E-state index < -0.39 is 6.61 Å². The van der Waals surface area contributed by atoms with Gasteiger partial charge >= 0.3 is 6.61 Å². The lowest BCUT2D eigenvalue weighted by atomic mass is 10.1. The maximum absolute atomic E-state index is 12.4. The molecule has 26 heavy (non-hydrogen) atoms. The quantitative estimate of drug-likeness (QED) is 0.617. The second kappa shape index (κ2) is 7.28. The van der Waals surface area contributed by atoms with Crippen LogP contribution in [0.1, 0.15) is 25.1 Å². The molecule has 0 spiro atoms. The summed E-state index contributed by atoms with van der Waals surface area (Å²) in [7, 11) is 0. The van der Waals surface area contributed by atoms with E-state index in [-0.39, 0.29) is 5.75 Å². The van der Waals surface area contributed by atoms with E-state index in [2.05, 4.69) is 32.2 Å². The molecular formula is C21H21F2N2O+. The van der Waals surface area contributed by atoms with Crippen molar-refractivity contribution in [2.24, 2.45) is 0 Å². The van der Waals surface area contributed by atoms with Gasteiger partial charge in [-0.2, -0.15) is 13.3 Å². The van der Waals surface area contributed by atoms with Crippen molar-refractivity contribution >= 4 is 0 Å². The molecular weight excluding hydrogens is 334 g/mol. The summed E-state index contributed by atoms with van der Waals surface area (Å²) in [6.07, 6.45) is 6.80. The Kier molecular flexibility index (Phi) is 4.69. The number of rotatable bonds is 4. The van der Waals surface area contributed by atoms with Crippen LogP contribution in [0.15, 0.2) is 60.8 Å². The van der Waals surface area contributed by atoms with Crippen LogP contribution in [0.5, 0.6) is 5.75 Å². The molecule has 2 aromatic carbocycles. The van der Waals surface area contributed by atoms with E-state index in [9.17, 15) is 8.78 Å². The number of benzene rings is 2. The average molecular weight is 355 g/mol. The molecule has 1 aliphatic rings. The Balaban J connectivity index is 1.80. The number of fused-ring (bicyclic) bond motifs is 1. The molecule has 1 aliphatic heterocycles. The van der Waals surface area contributed by atoms with E-state index in [0.29, 0.717) is 0 Å². The number of halogens is 2. The van der Waals surface area contributed by atoms with E-state index in [0.717, 1.165) is 29.9 Å². The first-order chi connectivity index (χ1) is 12.7. The summed E-state index contributed by atoms with van der Waals surface area (Å²) < 4.78 is 33.9. The van der Waals surface area contributed by atoms with E-state index in [1.54, 1.807) is 12.1 Å². The number of hydrogen-bond acceptors (Lipinski definition) is 1. The molecule has 0 saturated heterocycles. The zero-order valence-corrected chi connectivity index (χ0v) is 14.4. The number of imidazole rings is 1. The van der Waals surface area contributed by atoms with Gasteiger partial charge in [0.2, 0.25) is 0 Å². The molecule has 2 heterocycles. The van der Waals surface area contributed by atoms with Gasteiger partial charge in [0.1, 0.15) is 17.6 Å². The van der Waals surface area contributed by atoms with Gasteiger partial charge in [0.25, 0.3) is 5.82 Å². The van der Waals surface area contributed by atoms with Crippen molar-refractivity contribution < 1.29 is 18.1 Å². The van der Waals surface area contributed by atoms with Crippen LogP contribution < -0.4 is 9.30 Å². The van der Waals surface area contributed by atoms with Gasteiger partial charge in [-0.05, 0) is 55.7 Å². The maximum Gasteiger partial charge on any atom is 0.387 e. The van der Waals surface area contributed by atoms with Gasteiger partial charge in [-0.15, -0.1) is 0 Å². The lowest BCUT2D eigenvalue weighted by molar-refractivity contribution is -0.702. The number of hydrogen-bond donors (Lipinski definition) is 0. The van der Waals surface area contributed by atoms with Crippen molar-refractivity contribution in [1.82, 2.24) is 4.57 Å². The van der Waals surface area contributed by atoms with Gasteiger partial charge in [-0.3, -0.25) is 0 Å². The summed E-state index contributed by atoms with van der Waals surface area (Å²) in [5.41, 5.74) is 3.17. The van der Waals surface area contributed by atoms with Crippen LogP contribution in [0.3, 0.4) is 0 Å². The summed E-state index contributed by atoms with van der Waals surface area (Å²) in [5.74, 6) is 1.47. The summed E-state index contributed by atoms with van der Waals surface area (Å²) in [4.78, 5) is 0. The first-order valence-electron chi connectivity index (χ1n) is 8.97. The lowest BCUT2D eigenvalue weighted by Crippen LogP contribution is -2.35. The first-order valence-corrected chi connectivity index (χ1v) is 8.97. The largest absolute Gasteiger partial charge is 0.435 e. The number of alkyl halides is 2. The number of ether oxygens (including phenoxy) is 1. The SMILES string of the molecule is FC(F)Oc1ccc(-c2c[n+]3c(n2-c2ccccc2)CCCCC3)cc1. The third kappa shape index (κ3) is 3.34. The molecule has 0 radical (unpaired) electrons. The molecule has 0 N–H and O–H groups in total. The fourth-order valence-corrected chi connectivity index (χ4v) is 3.61. The fraction of sp³-hybridized carbons (Fsp3) is 0.286. The predicted molar refractivity (Wildman–Crippen MR) is 95.6 cm³/mol. The van der Waals surface area contributed by atoms with Crippen LogP contribution >= 0.6 is 0 Å². The van der Waals surface area contributed by atoms with E-state index >= 15 is 0 Å². The molecule has 3 nitrogen and oxygen atoms in total. The van der Waals surface area contributed by atoms with Crippen LogP contribution in [0, 0.1) is 0 Å². The number of aromatic nitrogens is 2. The number of para-hydroxylation sites is 1. The molecule has 4 rings (SSSR count). The number of aryl methyl sites for hydroxylation is 1. The second-order valence-corrected chi connectivity index (χ2v) is 6.51. The minimum absolute atomic E-state index is 0.177. The molecule has 1 aromatic heterocycles. The molecule has 0 atom stereocenters. The molecule has 5 heteroatoms. The van der Waals surface area contributed by atoms with E-state index in [1.807, 2.05) is 30.3 Å². The third-order valence-electron chi connectivity index (χ3n) is 4.80. The van der Waals surface area contributed by atoms with Gasteiger partial charge < -0.3 is 4.74 Å². The highest BCUT2D eigenvalue weighted by Gasteiger charge is 2.27. The summed E-state index contributed by atoms with van der Waals surface area (Å²) >= 11 is 0. The van der Waals surface area contributed by atoms with Crippen LogP contribution in [-0.4, -0.2) is 11.2 Å². The van der Waals surface area contributed by atoms with Crippen molar-refractivity contribution in [1.29, 1.82) is 0 Å². The lowest BCUT2D eigenvalue weighted by Gasteiger charge is -2.07. The predicted octanol–water partition coefficient (Wildman–Crippen LogP) is 4.76. The van der Waals surface area contributed by atoms with Crippen molar-refractivity contribution in [2.45, 2.75) is 38.8 Å². The van der Waals surface area contributed by atoms with Gasteiger partial charge in [0.05, 0.1) is 6.54 Å².